The Balaban J connectivity index is 1.64. The number of benzene rings is 1. The highest BCUT2D eigenvalue weighted by Gasteiger charge is 2.30. The van der Waals surface area contributed by atoms with Crippen LogP contribution >= 0.6 is 22.9 Å². The predicted octanol–water partition coefficient (Wildman–Crippen LogP) is 3.09. The van der Waals surface area contributed by atoms with Crippen LogP contribution in [0.5, 0.6) is 0 Å². The largest absolute Gasteiger partial charge is 0.337 e. The summed E-state index contributed by atoms with van der Waals surface area (Å²) in [6.07, 6.45) is 3.23. The molecule has 0 atom stereocenters. The number of hydrogen-bond acceptors (Lipinski definition) is 4. The molecule has 1 aliphatic rings. The summed E-state index contributed by atoms with van der Waals surface area (Å²) in [6.45, 7) is 0.937. The lowest BCUT2D eigenvalue weighted by molar-refractivity contribution is -0.127. The molecule has 1 saturated heterocycles. The first-order chi connectivity index (χ1) is 12.4. The van der Waals surface area contributed by atoms with E-state index in [0.717, 1.165) is 17.7 Å². The minimum absolute atomic E-state index is 0.0546. The second kappa shape index (κ2) is 7.87. The van der Waals surface area contributed by atoms with Crippen LogP contribution in [0.4, 0.5) is 4.39 Å². The molecule has 0 aliphatic carbocycles. The minimum atomic E-state index is -3.77. The van der Waals surface area contributed by atoms with Gasteiger partial charge in [0.2, 0.25) is 15.9 Å². The predicted molar refractivity (Wildman–Crippen MR) is 100 cm³/mol. The number of carbonyl (C=O) groups is 1. The van der Waals surface area contributed by atoms with Gasteiger partial charge < -0.3 is 4.90 Å². The van der Waals surface area contributed by atoms with E-state index in [4.69, 9.17) is 11.6 Å². The Labute approximate surface area is 160 Å². The third-order valence-electron chi connectivity index (χ3n) is 4.04. The maximum absolute atomic E-state index is 13.3. The number of carbonyl (C=O) groups excluding carboxylic acids is 1. The number of thiophene rings is 1. The molecule has 0 unspecified atom stereocenters. The average Bonchev–Trinajstić information content (AvgIpc) is 3.15. The quantitative estimate of drug-likeness (QED) is 0.722. The second-order valence-electron chi connectivity index (χ2n) is 5.70. The highest BCUT2D eigenvalue weighted by molar-refractivity contribution is 7.89. The van der Waals surface area contributed by atoms with Crippen LogP contribution in [0.25, 0.3) is 6.08 Å². The Kier molecular flexibility index (Phi) is 5.76. The molecule has 1 aliphatic heterocycles. The summed E-state index contributed by atoms with van der Waals surface area (Å²) < 4.78 is 39.8. The molecular weight excluding hydrogens is 399 g/mol. The fraction of sp³-hybridized carbons (Fsp3) is 0.235. The summed E-state index contributed by atoms with van der Waals surface area (Å²) >= 11 is 7.23. The van der Waals surface area contributed by atoms with Crippen LogP contribution in [0.2, 0.25) is 5.02 Å². The van der Waals surface area contributed by atoms with Crippen LogP contribution < -0.4 is 0 Å². The fourth-order valence-corrected chi connectivity index (χ4v) is 4.90. The van der Waals surface area contributed by atoms with Crippen molar-refractivity contribution in [2.75, 3.05) is 26.2 Å². The van der Waals surface area contributed by atoms with E-state index >= 15 is 0 Å². The van der Waals surface area contributed by atoms with Crippen molar-refractivity contribution in [1.82, 2.24) is 9.21 Å². The van der Waals surface area contributed by atoms with Gasteiger partial charge in [-0.15, -0.1) is 0 Å². The van der Waals surface area contributed by atoms with Crippen molar-refractivity contribution in [3.05, 3.63) is 57.5 Å². The number of nitrogens with zero attached hydrogens (tertiary/aromatic N) is 2. The molecule has 0 radical (unpaired) electrons. The molecule has 26 heavy (non-hydrogen) atoms. The first-order valence-corrected chi connectivity index (χ1v) is 10.6. The SMILES string of the molecule is O=C(C=Cc1ccsc1)N1CCN(S(=O)(=O)c2ccc(F)c(Cl)c2)CC1. The van der Waals surface area contributed by atoms with Crippen LogP contribution in [0.3, 0.4) is 0 Å². The van der Waals surface area contributed by atoms with Crippen LogP contribution in [0.15, 0.2) is 46.0 Å². The minimum Gasteiger partial charge on any atom is -0.337 e. The van der Waals surface area contributed by atoms with Crippen LogP contribution in [0, 0.1) is 5.82 Å². The monoisotopic (exact) mass is 414 g/mol. The molecule has 0 spiro atoms. The summed E-state index contributed by atoms with van der Waals surface area (Å²) in [7, 11) is -3.77. The Hall–Kier alpha value is -1.74. The van der Waals surface area contributed by atoms with E-state index in [1.54, 1.807) is 22.3 Å². The molecule has 1 fully saturated rings. The van der Waals surface area contributed by atoms with Crippen molar-refractivity contribution in [1.29, 1.82) is 0 Å². The van der Waals surface area contributed by atoms with Gasteiger partial charge in [-0.3, -0.25) is 4.79 Å². The Morgan fingerprint density at radius 1 is 1.19 bits per heavy atom. The van der Waals surface area contributed by atoms with Crippen molar-refractivity contribution in [3.63, 3.8) is 0 Å². The topological polar surface area (TPSA) is 57.7 Å². The van der Waals surface area contributed by atoms with E-state index in [1.807, 2.05) is 16.8 Å². The first kappa shape index (κ1) is 19.0. The van der Waals surface area contributed by atoms with Crippen LogP contribution in [-0.4, -0.2) is 49.7 Å². The molecule has 2 aromatic rings. The number of piperazine rings is 1. The summed E-state index contributed by atoms with van der Waals surface area (Å²) in [5, 5.41) is 3.62. The average molecular weight is 415 g/mol. The third-order valence-corrected chi connectivity index (χ3v) is 6.93. The zero-order valence-corrected chi connectivity index (χ0v) is 16.0. The summed E-state index contributed by atoms with van der Waals surface area (Å²) in [6, 6.07) is 5.24. The highest BCUT2D eigenvalue weighted by Crippen LogP contribution is 2.23. The molecule has 0 saturated carbocycles. The fourth-order valence-electron chi connectivity index (χ4n) is 2.58. The normalized spacial score (nSPS) is 16.3. The van der Waals surface area contributed by atoms with Crippen molar-refractivity contribution < 1.29 is 17.6 Å². The lowest BCUT2D eigenvalue weighted by Crippen LogP contribution is -2.50. The van der Waals surface area contributed by atoms with Crippen molar-refractivity contribution in [2.24, 2.45) is 0 Å². The maximum atomic E-state index is 13.3. The van der Waals surface area contributed by atoms with E-state index in [-0.39, 0.29) is 28.9 Å². The van der Waals surface area contributed by atoms with Gasteiger partial charge >= 0.3 is 0 Å². The van der Waals surface area contributed by atoms with Gasteiger partial charge in [0.05, 0.1) is 9.92 Å². The number of sulfonamides is 1. The zero-order valence-electron chi connectivity index (χ0n) is 13.6. The molecular formula is C17H16ClFN2O3S2. The van der Waals surface area contributed by atoms with Gasteiger partial charge in [0, 0.05) is 32.3 Å². The standard InChI is InChI=1S/C17H16ClFN2O3S2/c18-15-11-14(2-3-16(15)19)26(23,24)21-8-6-20(7-9-21)17(22)4-1-13-5-10-25-12-13/h1-5,10-12H,6-9H2. The molecule has 5 nitrogen and oxygen atoms in total. The molecule has 1 aromatic heterocycles. The second-order valence-corrected chi connectivity index (χ2v) is 8.82. The van der Waals surface area contributed by atoms with E-state index in [0.29, 0.717) is 13.1 Å². The van der Waals surface area contributed by atoms with E-state index in [2.05, 4.69) is 0 Å². The molecule has 0 N–H and O–H groups in total. The van der Waals surface area contributed by atoms with Gasteiger partial charge in [-0.1, -0.05) is 11.6 Å². The number of rotatable bonds is 4. The van der Waals surface area contributed by atoms with Crippen molar-refractivity contribution in [3.8, 4) is 0 Å². The molecule has 2 heterocycles. The van der Waals surface area contributed by atoms with E-state index in [9.17, 15) is 17.6 Å². The van der Waals surface area contributed by atoms with E-state index < -0.39 is 15.8 Å². The maximum Gasteiger partial charge on any atom is 0.246 e. The van der Waals surface area contributed by atoms with Gasteiger partial charge in [0.15, 0.2) is 0 Å². The molecule has 1 amide bonds. The number of amides is 1. The number of halogens is 2. The Morgan fingerprint density at radius 3 is 2.54 bits per heavy atom. The van der Waals surface area contributed by atoms with Crippen molar-refractivity contribution >= 4 is 44.9 Å². The smallest absolute Gasteiger partial charge is 0.246 e. The van der Waals surface area contributed by atoms with Gasteiger partial charge in [-0.05, 0) is 46.7 Å². The molecule has 1 aromatic carbocycles. The van der Waals surface area contributed by atoms with Crippen LogP contribution in [-0.2, 0) is 14.8 Å². The summed E-state index contributed by atoms with van der Waals surface area (Å²) in [4.78, 5) is 13.8. The van der Waals surface area contributed by atoms with E-state index in [1.165, 1.54) is 16.4 Å². The first-order valence-electron chi connectivity index (χ1n) is 7.82. The van der Waals surface area contributed by atoms with Gasteiger partial charge in [-0.25, -0.2) is 12.8 Å². The third kappa shape index (κ3) is 4.15. The Bertz CT molecular complexity index is 921. The molecule has 9 heteroatoms. The van der Waals surface area contributed by atoms with Gasteiger partial charge in [-0.2, -0.15) is 15.6 Å². The Morgan fingerprint density at radius 2 is 1.92 bits per heavy atom. The lowest BCUT2D eigenvalue weighted by Gasteiger charge is -2.33. The summed E-state index contributed by atoms with van der Waals surface area (Å²) in [5.74, 6) is -0.823. The molecule has 0 bridgehead atoms. The van der Waals surface area contributed by atoms with Crippen molar-refractivity contribution in [2.45, 2.75) is 4.90 Å². The van der Waals surface area contributed by atoms with Gasteiger partial charge in [0.25, 0.3) is 0 Å². The highest BCUT2D eigenvalue weighted by atomic mass is 35.5. The van der Waals surface area contributed by atoms with Gasteiger partial charge in [0.1, 0.15) is 5.82 Å². The molecule has 3 rings (SSSR count). The van der Waals surface area contributed by atoms with Crippen LogP contribution in [0.1, 0.15) is 5.56 Å². The zero-order chi connectivity index (χ0) is 18.7. The number of hydrogen-bond donors (Lipinski definition) is 0. The summed E-state index contributed by atoms with van der Waals surface area (Å²) in [5.41, 5.74) is 0.956. The lowest BCUT2D eigenvalue weighted by atomic mass is 10.3. The molecule has 138 valence electrons.